The molecule has 0 spiro atoms. The summed E-state index contributed by atoms with van der Waals surface area (Å²) in [7, 11) is 0. The molecule has 2 heterocycles. The average Bonchev–Trinajstić information content (AvgIpc) is 2.99. The van der Waals surface area contributed by atoms with Crippen LogP contribution in [0.4, 0.5) is 4.39 Å². The van der Waals surface area contributed by atoms with Gasteiger partial charge in [-0.3, -0.25) is 5.10 Å². The fraction of sp³-hybridized carbons (Fsp3) is 0. The third-order valence-corrected chi connectivity index (χ3v) is 3.62. The molecule has 0 amide bonds. The number of hydrogen-bond donors (Lipinski definition) is 1. The smallest absolute Gasteiger partial charge is 0.182 e. The predicted molar refractivity (Wildman–Crippen MR) is 84.7 cm³/mol. The molecule has 0 atom stereocenters. The van der Waals surface area contributed by atoms with Crippen LogP contribution in [0.25, 0.3) is 33.5 Å². The van der Waals surface area contributed by atoms with Crippen LogP contribution in [0.5, 0.6) is 0 Å². The number of nitrogens with zero attached hydrogens (tertiary/aromatic N) is 2. The molecule has 4 rings (SSSR count). The number of nitrogens with one attached hydrogen (secondary N) is 1. The third kappa shape index (κ3) is 2.15. The van der Waals surface area contributed by atoms with Gasteiger partial charge < -0.3 is 0 Å². The van der Waals surface area contributed by atoms with Gasteiger partial charge in [0.2, 0.25) is 0 Å². The van der Waals surface area contributed by atoms with E-state index in [9.17, 15) is 4.39 Å². The molecular weight excluding hydrogens is 277 g/mol. The number of rotatable bonds is 2. The SMILES string of the molecule is Fc1ccc(-c2[nH]nc3nc(-c4ccccc4)ccc23)cc1. The number of benzene rings is 2. The van der Waals surface area contributed by atoms with Crippen LogP contribution in [0.3, 0.4) is 0 Å². The van der Waals surface area contributed by atoms with Crippen LogP contribution in [-0.2, 0) is 0 Å². The maximum Gasteiger partial charge on any atom is 0.182 e. The second-order valence-electron chi connectivity index (χ2n) is 5.04. The van der Waals surface area contributed by atoms with E-state index in [1.807, 2.05) is 42.5 Å². The number of hydrogen-bond acceptors (Lipinski definition) is 2. The van der Waals surface area contributed by atoms with Crippen LogP contribution in [0, 0.1) is 5.82 Å². The first-order valence-corrected chi connectivity index (χ1v) is 6.98. The van der Waals surface area contributed by atoms with Crippen LogP contribution in [0.2, 0.25) is 0 Å². The molecule has 22 heavy (non-hydrogen) atoms. The third-order valence-electron chi connectivity index (χ3n) is 3.62. The number of H-pyrrole nitrogens is 1. The second-order valence-corrected chi connectivity index (χ2v) is 5.04. The zero-order chi connectivity index (χ0) is 14.9. The highest BCUT2D eigenvalue weighted by Crippen LogP contribution is 2.27. The van der Waals surface area contributed by atoms with E-state index in [2.05, 4.69) is 15.2 Å². The molecule has 106 valence electrons. The topological polar surface area (TPSA) is 41.6 Å². The summed E-state index contributed by atoms with van der Waals surface area (Å²) in [5, 5.41) is 8.19. The summed E-state index contributed by atoms with van der Waals surface area (Å²) in [6.07, 6.45) is 0. The molecule has 0 aliphatic rings. The van der Waals surface area contributed by atoms with Crippen molar-refractivity contribution in [3.8, 4) is 22.5 Å². The van der Waals surface area contributed by atoms with E-state index in [0.29, 0.717) is 5.65 Å². The fourth-order valence-electron chi connectivity index (χ4n) is 2.50. The van der Waals surface area contributed by atoms with Gasteiger partial charge in [-0.15, -0.1) is 0 Å². The quantitative estimate of drug-likeness (QED) is 0.593. The van der Waals surface area contributed by atoms with Crippen molar-refractivity contribution < 1.29 is 4.39 Å². The van der Waals surface area contributed by atoms with Gasteiger partial charge in [0.25, 0.3) is 0 Å². The molecule has 3 nitrogen and oxygen atoms in total. The van der Waals surface area contributed by atoms with Crippen molar-refractivity contribution in [2.24, 2.45) is 0 Å². The highest BCUT2D eigenvalue weighted by Gasteiger charge is 2.10. The minimum Gasteiger partial charge on any atom is -0.275 e. The Labute approximate surface area is 126 Å². The van der Waals surface area contributed by atoms with Crippen molar-refractivity contribution in [2.75, 3.05) is 0 Å². The van der Waals surface area contributed by atoms with Gasteiger partial charge in [0.1, 0.15) is 5.82 Å². The Hall–Kier alpha value is -3.01. The van der Waals surface area contributed by atoms with Gasteiger partial charge in [0.15, 0.2) is 5.65 Å². The molecule has 0 aliphatic heterocycles. The van der Waals surface area contributed by atoms with Crippen LogP contribution in [-0.4, -0.2) is 15.2 Å². The van der Waals surface area contributed by atoms with E-state index in [-0.39, 0.29) is 5.82 Å². The normalized spacial score (nSPS) is 11.0. The Bertz CT molecular complexity index is 928. The standard InChI is InChI=1S/C18H12FN3/c19-14-8-6-13(7-9-14)17-15-10-11-16(20-18(15)22-21-17)12-4-2-1-3-5-12/h1-11H,(H,20,21,22). The van der Waals surface area contributed by atoms with Gasteiger partial charge >= 0.3 is 0 Å². The monoisotopic (exact) mass is 289 g/mol. The van der Waals surface area contributed by atoms with E-state index in [1.165, 1.54) is 12.1 Å². The van der Waals surface area contributed by atoms with Crippen molar-refractivity contribution in [1.29, 1.82) is 0 Å². The molecule has 1 N–H and O–H groups in total. The summed E-state index contributed by atoms with van der Waals surface area (Å²) in [6.45, 7) is 0. The molecular formula is C18H12FN3. The Morgan fingerprint density at radius 2 is 1.55 bits per heavy atom. The van der Waals surface area contributed by atoms with E-state index in [4.69, 9.17) is 0 Å². The second kappa shape index (κ2) is 5.07. The summed E-state index contributed by atoms with van der Waals surface area (Å²) >= 11 is 0. The van der Waals surface area contributed by atoms with Crippen molar-refractivity contribution in [3.05, 3.63) is 72.5 Å². The van der Waals surface area contributed by atoms with Crippen LogP contribution < -0.4 is 0 Å². The summed E-state index contributed by atoms with van der Waals surface area (Å²) in [5.41, 5.74) is 4.32. The van der Waals surface area contributed by atoms with Gasteiger partial charge in [0.05, 0.1) is 11.4 Å². The number of pyridine rings is 1. The minimum absolute atomic E-state index is 0.253. The number of halogens is 1. The first-order chi connectivity index (χ1) is 10.8. The van der Waals surface area contributed by atoms with Crippen LogP contribution >= 0.6 is 0 Å². The minimum atomic E-state index is -0.253. The van der Waals surface area contributed by atoms with Crippen LogP contribution in [0.15, 0.2) is 66.7 Å². The molecule has 4 heteroatoms. The van der Waals surface area contributed by atoms with Gasteiger partial charge in [-0.1, -0.05) is 30.3 Å². The summed E-state index contributed by atoms with van der Waals surface area (Å²) in [4.78, 5) is 4.59. The Morgan fingerprint density at radius 1 is 0.773 bits per heavy atom. The molecule has 2 aromatic heterocycles. The first kappa shape index (κ1) is 12.7. The lowest BCUT2D eigenvalue weighted by molar-refractivity contribution is 0.628. The maximum atomic E-state index is 13.0. The highest BCUT2D eigenvalue weighted by molar-refractivity contribution is 5.91. The molecule has 0 fully saturated rings. The average molecular weight is 289 g/mol. The van der Waals surface area contributed by atoms with Crippen molar-refractivity contribution in [2.45, 2.75) is 0 Å². The Balaban J connectivity index is 1.82. The van der Waals surface area contributed by atoms with E-state index >= 15 is 0 Å². The van der Waals surface area contributed by atoms with E-state index < -0.39 is 0 Å². The summed E-state index contributed by atoms with van der Waals surface area (Å²) < 4.78 is 13.0. The summed E-state index contributed by atoms with van der Waals surface area (Å²) in [6, 6.07) is 20.3. The molecule has 0 saturated heterocycles. The molecule has 4 aromatic rings. The van der Waals surface area contributed by atoms with Crippen LogP contribution in [0.1, 0.15) is 0 Å². The molecule has 0 bridgehead atoms. The van der Waals surface area contributed by atoms with Crippen molar-refractivity contribution in [3.63, 3.8) is 0 Å². The lowest BCUT2D eigenvalue weighted by atomic mass is 10.1. The zero-order valence-electron chi connectivity index (χ0n) is 11.6. The van der Waals surface area contributed by atoms with E-state index in [1.54, 1.807) is 12.1 Å². The van der Waals surface area contributed by atoms with Crippen molar-refractivity contribution >= 4 is 11.0 Å². The molecule has 0 aliphatic carbocycles. The number of aromatic nitrogens is 3. The number of aromatic amines is 1. The number of fused-ring (bicyclic) bond motifs is 1. The Morgan fingerprint density at radius 3 is 2.32 bits per heavy atom. The fourth-order valence-corrected chi connectivity index (χ4v) is 2.50. The zero-order valence-corrected chi connectivity index (χ0v) is 11.6. The first-order valence-electron chi connectivity index (χ1n) is 6.98. The van der Waals surface area contributed by atoms with Gasteiger partial charge in [0, 0.05) is 16.5 Å². The largest absolute Gasteiger partial charge is 0.275 e. The van der Waals surface area contributed by atoms with Crippen molar-refractivity contribution in [1.82, 2.24) is 15.2 Å². The maximum absolute atomic E-state index is 13.0. The molecule has 0 saturated carbocycles. The van der Waals surface area contributed by atoms with E-state index in [0.717, 1.165) is 27.9 Å². The van der Waals surface area contributed by atoms with Gasteiger partial charge in [-0.25, -0.2) is 9.37 Å². The highest BCUT2D eigenvalue weighted by atomic mass is 19.1. The molecule has 0 unspecified atom stereocenters. The van der Waals surface area contributed by atoms with Gasteiger partial charge in [-0.05, 0) is 36.4 Å². The lowest BCUT2D eigenvalue weighted by Gasteiger charge is -2.01. The molecule has 0 radical (unpaired) electrons. The van der Waals surface area contributed by atoms with Gasteiger partial charge in [-0.2, -0.15) is 5.10 Å². The summed E-state index contributed by atoms with van der Waals surface area (Å²) in [5.74, 6) is -0.253. The molecule has 2 aromatic carbocycles. The Kier molecular flexibility index (Phi) is 2.93. The predicted octanol–water partition coefficient (Wildman–Crippen LogP) is 4.43. The lowest BCUT2D eigenvalue weighted by Crippen LogP contribution is -1.84.